The summed E-state index contributed by atoms with van der Waals surface area (Å²) in [6.45, 7) is 4.24. The number of nitrogens with two attached hydrogens (primary N) is 1. The lowest BCUT2D eigenvalue weighted by Crippen LogP contribution is -2.19. The minimum Gasteiger partial charge on any atom is -0.465 e. The first kappa shape index (κ1) is 16.0. The fraction of sp³-hybridized carbons (Fsp3) is 0.429. The Bertz CT molecular complexity index is 432. The van der Waals surface area contributed by atoms with Crippen LogP contribution in [0.3, 0.4) is 0 Å². The Balaban J connectivity index is 2.55. The lowest BCUT2D eigenvalue weighted by molar-refractivity contribution is -0.142. The Kier molecular flexibility index (Phi) is 6.87. The largest absolute Gasteiger partial charge is 0.465 e. The first-order valence-electron chi connectivity index (χ1n) is 6.25. The SMILES string of the molecule is CCOC(=O)C(CC)SCc1ccc(C(N)=S)cc1. The average molecular weight is 297 g/mol. The molecule has 0 bridgehead atoms. The number of carbonyl (C=O) groups is 1. The summed E-state index contributed by atoms with van der Waals surface area (Å²) in [6.07, 6.45) is 0.772. The van der Waals surface area contributed by atoms with Gasteiger partial charge in [-0.3, -0.25) is 4.79 Å². The lowest BCUT2D eigenvalue weighted by atomic mass is 10.1. The van der Waals surface area contributed by atoms with Gasteiger partial charge in [0.15, 0.2) is 0 Å². The van der Waals surface area contributed by atoms with E-state index in [0.717, 1.165) is 23.3 Å². The van der Waals surface area contributed by atoms with Gasteiger partial charge in [-0.15, -0.1) is 11.8 Å². The predicted molar refractivity (Wildman–Crippen MR) is 84.3 cm³/mol. The third-order valence-corrected chi connectivity index (χ3v) is 4.27. The molecule has 1 unspecified atom stereocenters. The maximum absolute atomic E-state index is 11.7. The fourth-order valence-electron chi connectivity index (χ4n) is 1.55. The Morgan fingerprint density at radius 2 is 2.00 bits per heavy atom. The number of carbonyl (C=O) groups excluding carboxylic acids is 1. The molecule has 2 N–H and O–H groups in total. The monoisotopic (exact) mass is 297 g/mol. The smallest absolute Gasteiger partial charge is 0.319 e. The number of thioether (sulfide) groups is 1. The summed E-state index contributed by atoms with van der Waals surface area (Å²) in [7, 11) is 0. The van der Waals surface area contributed by atoms with Gasteiger partial charge in [-0.25, -0.2) is 0 Å². The second-order valence-electron chi connectivity index (χ2n) is 4.02. The van der Waals surface area contributed by atoms with Crippen LogP contribution >= 0.6 is 24.0 Å². The highest BCUT2D eigenvalue weighted by molar-refractivity contribution is 7.99. The van der Waals surface area contributed by atoms with E-state index >= 15 is 0 Å². The number of esters is 1. The zero-order valence-electron chi connectivity index (χ0n) is 11.2. The van der Waals surface area contributed by atoms with Gasteiger partial charge in [0, 0.05) is 11.3 Å². The van der Waals surface area contributed by atoms with Gasteiger partial charge in [0.25, 0.3) is 0 Å². The lowest BCUT2D eigenvalue weighted by Gasteiger charge is -2.13. The molecule has 0 amide bonds. The Morgan fingerprint density at radius 1 is 1.37 bits per heavy atom. The highest BCUT2D eigenvalue weighted by atomic mass is 32.2. The molecule has 1 aromatic carbocycles. The minimum atomic E-state index is -0.130. The van der Waals surface area contributed by atoms with E-state index in [1.54, 1.807) is 11.8 Å². The molecule has 1 rings (SSSR count). The van der Waals surface area contributed by atoms with Crippen LogP contribution in [0.15, 0.2) is 24.3 Å². The molecule has 0 aliphatic heterocycles. The predicted octanol–water partition coefficient (Wildman–Crippen LogP) is 2.90. The van der Waals surface area contributed by atoms with Crippen molar-refractivity contribution in [2.45, 2.75) is 31.3 Å². The maximum Gasteiger partial charge on any atom is 0.319 e. The summed E-state index contributed by atoms with van der Waals surface area (Å²) >= 11 is 6.50. The molecule has 0 fully saturated rings. The van der Waals surface area contributed by atoms with Crippen molar-refractivity contribution in [2.24, 2.45) is 5.73 Å². The molecule has 1 atom stereocenters. The van der Waals surface area contributed by atoms with Gasteiger partial charge in [-0.1, -0.05) is 43.4 Å². The second kappa shape index (κ2) is 8.17. The first-order chi connectivity index (χ1) is 9.08. The molecule has 0 aliphatic carbocycles. The number of hydrogen-bond donors (Lipinski definition) is 1. The average Bonchev–Trinajstić information content (AvgIpc) is 2.40. The van der Waals surface area contributed by atoms with E-state index in [-0.39, 0.29) is 11.2 Å². The van der Waals surface area contributed by atoms with Crippen LogP contribution in [-0.2, 0) is 15.3 Å². The van der Waals surface area contributed by atoms with Gasteiger partial charge >= 0.3 is 5.97 Å². The Morgan fingerprint density at radius 3 is 2.47 bits per heavy atom. The minimum absolute atomic E-state index is 0.102. The quantitative estimate of drug-likeness (QED) is 0.619. The third kappa shape index (κ3) is 5.20. The number of ether oxygens (including phenoxy) is 1. The summed E-state index contributed by atoms with van der Waals surface area (Å²) in [5, 5.41) is -0.102. The van der Waals surface area contributed by atoms with E-state index in [1.807, 2.05) is 38.1 Å². The van der Waals surface area contributed by atoms with Crippen LogP contribution in [0.2, 0.25) is 0 Å². The highest BCUT2D eigenvalue weighted by Crippen LogP contribution is 2.21. The zero-order valence-corrected chi connectivity index (χ0v) is 12.9. The van der Waals surface area contributed by atoms with Gasteiger partial charge in [0.2, 0.25) is 0 Å². The van der Waals surface area contributed by atoms with Gasteiger partial charge in [0.1, 0.15) is 10.2 Å². The first-order valence-corrected chi connectivity index (χ1v) is 7.71. The summed E-state index contributed by atoms with van der Waals surface area (Å²) in [6, 6.07) is 7.78. The molecule has 104 valence electrons. The van der Waals surface area contributed by atoms with Crippen molar-refractivity contribution in [3.05, 3.63) is 35.4 Å². The van der Waals surface area contributed by atoms with Crippen molar-refractivity contribution in [3.63, 3.8) is 0 Å². The Hall–Kier alpha value is -1.07. The molecule has 0 radical (unpaired) electrons. The van der Waals surface area contributed by atoms with Crippen LogP contribution in [0, 0.1) is 0 Å². The summed E-state index contributed by atoms with van der Waals surface area (Å²) in [4.78, 5) is 12.1. The van der Waals surface area contributed by atoms with Gasteiger partial charge in [-0.05, 0) is 18.9 Å². The van der Waals surface area contributed by atoms with Gasteiger partial charge in [-0.2, -0.15) is 0 Å². The van der Waals surface area contributed by atoms with E-state index in [4.69, 9.17) is 22.7 Å². The van der Waals surface area contributed by atoms with Crippen LogP contribution < -0.4 is 5.73 Å². The summed E-state index contributed by atoms with van der Waals surface area (Å²) in [5.74, 6) is 0.643. The van der Waals surface area contributed by atoms with Crippen LogP contribution in [0.1, 0.15) is 31.4 Å². The molecule has 0 saturated carbocycles. The molecule has 0 spiro atoms. The summed E-state index contributed by atoms with van der Waals surface area (Å²) in [5.41, 5.74) is 7.55. The summed E-state index contributed by atoms with van der Waals surface area (Å²) < 4.78 is 5.04. The number of hydrogen-bond acceptors (Lipinski definition) is 4. The van der Waals surface area contributed by atoms with Crippen LogP contribution in [0.5, 0.6) is 0 Å². The standard InChI is InChI=1S/C14H19NO2S2/c1-3-12(14(16)17-4-2)19-9-10-5-7-11(8-6-10)13(15)18/h5-8,12H,3-4,9H2,1-2H3,(H2,15,18). The van der Waals surface area contributed by atoms with Crippen molar-refractivity contribution in [3.8, 4) is 0 Å². The normalized spacial score (nSPS) is 11.9. The van der Waals surface area contributed by atoms with Crippen molar-refractivity contribution in [1.29, 1.82) is 0 Å². The molecule has 0 aliphatic rings. The second-order valence-corrected chi connectivity index (χ2v) is 5.65. The van der Waals surface area contributed by atoms with E-state index in [9.17, 15) is 4.79 Å². The van der Waals surface area contributed by atoms with E-state index in [0.29, 0.717) is 11.6 Å². The van der Waals surface area contributed by atoms with Crippen LogP contribution in [0.25, 0.3) is 0 Å². The molecule has 1 aromatic rings. The molecule has 5 heteroatoms. The fourth-order valence-corrected chi connectivity index (χ4v) is 2.71. The molecule has 0 heterocycles. The number of thiocarbonyl (C=S) groups is 1. The van der Waals surface area contributed by atoms with Crippen molar-refractivity contribution >= 4 is 34.9 Å². The number of rotatable bonds is 7. The molecule has 3 nitrogen and oxygen atoms in total. The van der Waals surface area contributed by atoms with E-state index in [2.05, 4.69) is 0 Å². The van der Waals surface area contributed by atoms with Gasteiger partial charge in [0.05, 0.1) is 6.61 Å². The molecular weight excluding hydrogens is 278 g/mol. The molecular formula is C14H19NO2S2. The van der Waals surface area contributed by atoms with Crippen LogP contribution in [-0.4, -0.2) is 22.8 Å². The van der Waals surface area contributed by atoms with Crippen molar-refractivity contribution in [2.75, 3.05) is 6.61 Å². The molecule has 0 aromatic heterocycles. The zero-order chi connectivity index (χ0) is 14.3. The Labute approximate surface area is 123 Å². The van der Waals surface area contributed by atoms with Crippen molar-refractivity contribution < 1.29 is 9.53 Å². The topological polar surface area (TPSA) is 52.3 Å². The van der Waals surface area contributed by atoms with E-state index < -0.39 is 0 Å². The molecule has 19 heavy (non-hydrogen) atoms. The van der Waals surface area contributed by atoms with Crippen molar-refractivity contribution in [1.82, 2.24) is 0 Å². The van der Waals surface area contributed by atoms with E-state index in [1.165, 1.54) is 0 Å². The third-order valence-electron chi connectivity index (χ3n) is 2.61. The number of benzene rings is 1. The van der Waals surface area contributed by atoms with Gasteiger partial charge < -0.3 is 10.5 Å². The highest BCUT2D eigenvalue weighted by Gasteiger charge is 2.17. The molecule has 0 saturated heterocycles. The van der Waals surface area contributed by atoms with Crippen LogP contribution in [0.4, 0.5) is 0 Å². The maximum atomic E-state index is 11.7.